The zero-order valence-electron chi connectivity index (χ0n) is 7.20. The maximum absolute atomic E-state index is 11.9. The Kier molecular flexibility index (Phi) is 3.90. The molecule has 0 spiro atoms. The van der Waals surface area contributed by atoms with Crippen molar-refractivity contribution in [1.29, 1.82) is 0 Å². The molecule has 0 N–H and O–H groups in total. The van der Waals surface area contributed by atoms with Gasteiger partial charge in [-0.2, -0.15) is 13.2 Å². The zero-order chi connectivity index (χ0) is 9.07. The molecule has 0 bridgehead atoms. The van der Waals surface area contributed by atoms with E-state index in [1.54, 1.807) is 0 Å². The lowest BCUT2D eigenvalue weighted by molar-refractivity contribution is -0.171. The molecule has 0 amide bonds. The highest BCUT2D eigenvalue weighted by Gasteiger charge is 2.35. The smallest absolute Gasteiger partial charge is 0.171 e. The second-order valence-corrected chi connectivity index (χ2v) is 3.41. The number of hydrogen-bond acceptors (Lipinski definition) is 0. The Morgan fingerprint density at radius 3 is 1.73 bits per heavy atom. The van der Waals surface area contributed by atoms with Crippen LogP contribution in [0.15, 0.2) is 0 Å². The van der Waals surface area contributed by atoms with E-state index in [4.69, 9.17) is 0 Å². The summed E-state index contributed by atoms with van der Waals surface area (Å²) in [5.41, 5.74) is 0. The van der Waals surface area contributed by atoms with Gasteiger partial charge in [0.1, 0.15) is 0 Å². The lowest BCUT2D eigenvalue weighted by atomic mass is 9.99. The molecule has 0 aliphatic heterocycles. The molecule has 0 saturated carbocycles. The Bertz CT molecular complexity index is 104. The minimum atomic E-state index is -4.01. The summed E-state index contributed by atoms with van der Waals surface area (Å²) in [5, 5.41) is 0. The standard InChI is InChI=1S/C8H15F3/c1-6(2)4-5-7(3)8(9,10)11/h6-7H,4-5H2,1-3H3/t7-/m0/s1. The van der Waals surface area contributed by atoms with Crippen molar-refractivity contribution in [2.24, 2.45) is 11.8 Å². The van der Waals surface area contributed by atoms with E-state index in [-0.39, 0.29) is 6.42 Å². The Morgan fingerprint density at radius 2 is 1.45 bits per heavy atom. The first kappa shape index (κ1) is 10.8. The Labute approximate surface area is 65.8 Å². The van der Waals surface area contributed by atoms with E-state index in [9.17, 15) is 13.2 Å². The molecule has 0 nitrogen and oxygen atoms in total. The van der Waals surface area contributed by atoms with E-state index in [1.807, 2.05) is 13.8 Å². The van der Waals surface area contributed by atoms with Crippen LogP contribution in [0.5, 0.6) is 0 Å². The Morgan fingerprint density at radius 1 is 1.00 bits per heavy atom. The zero-order valence-corrected chi connectivity index (χ0v) is 7.20. The fourth-order valence-electron chi connectivity index (χ4n) is 0.747. The van der Waals surface area contributed by atoms with E-state index >= 15 is 0 Å². The van der Waals surface area contributed by atoms with Crippen molar-refractivity contribution in [1.82, 2.24) is 0 Å². The van der Waals surface area contributed by atoms with E-state index < -0.39 is 12.1 Å². The van der Waals surface area contributed by atoms with Crippen molar-refractivity contribution in [2.75, 3.05) is 0 Å². The average Bonchev–Trinajstić information content (AvgIpc) is 1.80. The summed E-state index contributed by atoms with van der Waals surface area (Å²) in [7, 11) is 0. The fourth-order valence-corrected chi connectivity index (χ4v) is 0.747. The summed E-state index contributed by atoms with van der Waals surface area (Å²) in [6, 6.07) is 0. The van der Waals surface area contributed by atoms with Crippen LogP contribution in [0.4, 0.5) is 13.2 Å². The van der Waals surface area contributed by atoms with Gasteiger partial charge in [0.2, 0.25) is 0 Å². The van der Waals surface area contributed by atoms with Crippen LogP contribution in [0.2, 0.25) is 0 Å². The van der Waals surface area contributed by atoms with Crippen LogP contribution in [-0.2, 0) is 0 Å². The van der Waals surface area contributed by atoms with Crippen LogP contribution in [0.1, 0.15) is 33.6 Å². The largest absolute Gasteiger partial charge is 0.391 e. The highest BCUT2D eigenvalue weighted by atomic mass is 19.4. The topological polar surface area (TPSA) is 0 Å². The van der Waals surface area contributed by atoms with Gasteiger partial charge in [-0.05, 0) is 12.3 Å². The molecule has 0 aromatic carbocycles. The van der Waals surface area contributed by atoms with Gasteiger partial charge in [-0.25, -0.2) is 0 Å². The molecule has 1 atom stereocenters. The number of halogens is 3. The summed E-state index contributed by atoms with van der Waals surface area (Å²) in [5.74, 6) is -0.787. The molecule has 0 aliphatic rings. The van der Waals surface area contributed by atoms with Crippen LogP contribution in [0.25, 0.3) is 0 Å². The molecule has 0 fully saturated rings. The van der Waals surface area contributed by atoms with E-state index in [0.29, 0.717) is 12.3 Å². The first-order chi connectivity index (χ1) is 4.84. The van der Waals surface area contributed by atoms with Crippen LogP contribution in [0, 0.1) is 11.8 Å². The third kappa shape index (κ3) is 5.10. The summed E-state index contributed by atoms with van der Waals surface area (Å²) in [6.45, 7) is 5.11. The molecule has 0 aromatic heterocycles. The maximum Gasteiger partial charge on any atom is 0.391 e. The van der Waals surface area contributed by atoms with Crippen molar-refractivity contribution in [3.63, 3.8) is 0 Å². The van der Waals surface area contributed by atoms with Gasteiger partial charge < -0.3 is 0 Å². The highest BCUT2D eigenvalue weighted by Crippen LogP contribution is 2.29. The van der Waals surface area contributed by atoms with Gasteiger partial charge in [0, 0.05) is 0 Å². The summed E-state index contributed by atoms with van der Waals surface area (Å²) in [6.07, 6.45) is -3.10. The predicted octanol–water partition coefficient (Wildman–Crippen LogP) is 3.62. The molecule has 0 unspecified atom stereocenters. The van der Waals surface area contributed by atoms with Gasteiger partial charge in [-0.15, -0.1) is 0 Å². The normalized spacial score (nSPS) is 15.5. The number of rotatable bonds is 3. The molecule has 0 aromatic rings. The first-order valence-electron chi connectivity index (χ1n) is 3.90. The van der Waals surface area contributed by atoms with Crippen LogP contribution >= 0.6 is 0 Å². The molecule has 11 heavy (non-hydrogen) atoms. The second kappa shape index (κ2) is 3.98. The lowest BCUT2D eigenvalue weighted by Gasteiger charge is -2.15. The molecule has 0 heterocycles. The van der Waals surface area contributed by atoms with Crippen molar-refractivity contribution >= 4 is 0 Å². The molecule has 0 rings (SSSR count). The fraction of sp³-hybridized carbons (Fsp3) is 1.00. The summed E-state index contributed by atoms with van der Waals surface area (Å²) >= 11 is 0. The molecule has 0 saturated heterocycles. The van der Waals surface area contributed by atoms with Gasteiger partial charge in [-0.1, -0.05) is 27.2 Å². The number of alkyl halides is 3. The quantitative estimate of drug-likeness (QED) is 0.603. The molecular weight excluding hydrogens is 153 g/mol. The predicted molar refractivity (Wildman–Crippen MR) is 39.3 cm³/mol. The molecular formula is C8H15F3. The van der Waals surface area contributed by atoms with Gasteiger partial charge in [0.05, 0.1) is 5.92 Å². The minimum Gasteiger partial charge on any atom is -0.171 e. The maximum atomic E-state index is 11.9. The van der Waals surface area contributed by atoms with Crippen LogP contribution in [0.3, 0.4) is 0 Å². The van der Waals surface area contributed by atoms with Crippen LogP contribution in [-0.4, -0.2) is 6.18 Å². The summed E-state index contributed by atoms with van der Waals surface area (Å²) < 4.78 is 35.7. The van der Waals surface area contributed by atoms with Gasteiger partial charge in [0.15, 0.2) is 0 Å². The molecule has 0 radical (unpaired) electrons. The van der Waals surface area contributed by atoms with Gasteiger partial charge >= 0.3 is 6.18 Å². The van der Waals surface area contributed by atoms with Crippen molar-refractivity contribution in [3.05, 3.63) is 0 Å². The van der Waals surface area contributed by atoms with Crippen molar-refractivity contribution < 1.29 is 13.2 Å². The average molecular weight is 168 g/mol. The Hall–Kier alpha value is -0.210. The lowest BCUT2D eigenvalue weighted by Crippen LogP contribution is -2.19. The molecule has 68 valence electrons. The second-order valence-electron chi connectivity index (χ2n) is 3.41. The molecule has 0 aliphatic carbocycles. The van der Waals surface area contributed by atoms with Crippen LogP contribution < -0.4 is 0 Å². The minimum absolute atomic E-state index is 0.251. The third-order valence-electron chi connectivity index (χ3n) is 1.74. The monoisotopic (exact) mass is 168 g/mol. The third-order valence-corrected chi connectivity index (χ3v) is 1.74. The molecule has 3 heteroatoms. The van der Waals surface area contributed by atoms with Gasteiger partial charge in [0.25, 0.3) is 0 Å². The van der Waals surface area contributed by atoms with E-state index in [1.165, 1.54) is 6.92 Å². The van der Waals surface area contributed by atoms with E-state index in [2.05, 4.69) is 0 Å². The first-order valence-corrected chi connectivity index (χ1v) is 3.90. The number of hydrogen-bond donors (Lipinski definition) is 0. The van der Waals surface area contributed by atoms with Crippen molar-refractivity contribution in [2.45, 2.75) is 39.8 Å². The SMILES string of the molecule is CC(C)CC[C@H](C)C(F)(F)F. The van der Waals surface area contributed by atoms with Gasteiger partial charge in [-0.3, -0.25) is 0 Å². The summed E-state index contributed by atoms with van der Waals surface area (Å²) in [4.78, 5) is 0. The highest BCUT2D eigenvalue weighted by molar-refractivity contribution is 4.62. The van der Waals surface area contributed by atoms with Crippen molar-refractivity contribution in [3.8, 4) is 0 Å². The van der Waals surface area contributed by atoms with E-state index in [0.717, 1.165) is 0 Å². The Balaban J connectivity index is 3.61.